The fraction of sp³-hybridized carbons (Fsp3) is 0.667. The van der Waals surface area contributed by atoms with Gasteiger partial charge in [-0.05, 0) is 58.1 Å². The van der Waals surface area contributed by atoms with E-state index in [1.165, 1.54) is 18.4 Å². The van der Waals surface area contributed by atoms with Gasteiger partial charge in [0.15, 0.2) is 5.96 Å². The Balaban J connectivity index is 0.00000289. The number of guanidine groups is 1. The summed E-state index contributed by atoms with van der Waals surface area (Å²) in [6.07, 6.45) is 6.33. The molecule has 2 aromatic rings. The standard InChI is InChI=1S/C24H37N5O2.HI/c1-3-25-24(26-13-16-29-19(2)27-22-9-4-5-10-23(22)29)28-14-11-20(12-15-28)31-18-21-8-6-7-17-30-21;/h4-5,9-10,20-21H,3,6-8,11-18H2,1-2H3,(H,25,26);1H. The molecule has 7 nitrogen and oxygen atoms in total. The number of aryl methyl sites for hydroxylation is 1. The molecule has 0 saturated carbocycles. The Kier molecular flexibility index (Phi) is 10.1. The van der Waals surface area contributed by atoms with Crippen molar-refractivity contribution in [3.05, 3.63) is 30.1 Å². The Morgan fingerprint density at radius 2 is 2.03 bits per heavy atom. The summed E-state index contributed by atoms with van der Waals surface area (Å²) in [7, 11) is 0. The summed E-state index contributed by atoms with van der Waals surface area (Å²) in [6.45, 7) is 10.2. The van der Waals surface area contributed by atoms with Crippen LogP contribution in [-0.2, 0) is 16.0 Å². The average molecular weight is 556 g/mol. The Morgan fingerprint density at radius 1 is 1.22 bits per heavy atom. The van der Waals surface area contributed by atoms with Crippen LogP contribution in [0.3, 0.4) is 0 Å². The first-order chi connectivity index (χ1) is 15.2. The molecule has 2 aliphatic rings. The van der Waals surface area contributed by atoms with Crippen LogP contribution in [0, 0.1) is 6.92 Å². The zero-order valence-corrected chi connectivity index (χ0v) is 21.8. The number of piperidine rings is 1. The Bertz CT molecular complexity index is 857. The van der Waals surface area contributed by atoms with E-state index in [0.29, 0.717) is 12.2 Å². The van der Waals surface area contributed by atoms with Crippen molar-refractivity contribution in [1.29, 1.82) is 0 Å². The first kappa shape index (κ1) is 25.2. The molecule has 2 saturated heterocycles. The van der Waals surface area contributed by atoms with Gasteiger partial charge in [0.2, 0.25) is 0 Å². The van der Waals surface area contributed by atoms with Gasteiger partial charge in [0.05, 0.1) is 36.4 Å². The summed E-state index contributed by atoms with van der Waals surface area (Å²) in [5.74, 6) is 2.06. The summed E-state index contributed by atoms with van der Waals surface area (Å²) in [5, 5.41) is 3.47. The minimum absolute atomic E-state index is 0. The number of nitrogens with one attached hydrogen (secondary N) is 1. The molecule has 1 aromatic carbocycles. The van der Waals surface area contributed by atoms with E-state index in [1.807, 2.05) is 6.07 Å². The lowest BCUT2D eigenvalue weighted by Crippen LogP contribution is -2.47. The van der Waals surface area contributed by atoms with Gasteiger partial charge in [-0.1, -0.05) is 12.1 Å². The maximum Gasteiger partial charge on any atom is 0.193 e. The van der Waals surface area contributed by atoms with Crippen molar-refractivity contribution >= 4 is 41.0 Å². The molecule has 32 heavy (non-hydrogen) atoms. The lowest BCUT2D eigenvalue weighted by atomic mass is 10.1. The molecule has 1 unspecified atom stereocenters. The second kappa shape index (κ2) is 12.7. The molecular formula is C24H38IN5O2. The van der Waals surface area contributed by atoms with Gasteiger partial charge in [-0.2, -0.15) is 0 Å². The van der Waals surface area contributed by atoms with E-state index in [-0.39, 0.29) is 24.0 Å². The number of aromatic nitrogens is 2. The van der Waals surface area contributed by atoms with Gasteiger partial charge in [0, 0.05) is 32.8 Å². The maximum atomic E-state index is 6.17. The van der Waals surface area contributed by atoms with E-state index in [0.717, 1.165) is 82.5 Å². The molecule has 0 radical (unpaired) electrons. The first-order valence-electron chi connectivity index (χ1n) is 11.9. The van der Waals surface area contributed by atoms with Crippen LogP contribution in [0.1, 0.15) is 44.9 Å². The number of hydrogen-bond donors (Lipinski definition) is 1. The number of hydrogen-bond acceptors (Lipinski definition) is 4. The summed E-state index contributed by atoms with van der Waals surface area (Å²) in [6, 6.07) is 8.31. The highest BCUT2D eigenvalue weighted by atomic mass is 127. The predicted molar refractivity (Wildman–Crippen MR) is 140 cm³/mol. The number of halogens is 1. The maximum absolute atomic E-state index is 6.17. The van der Waals surface area contributed by atoms with Crippen LogP contribution in [0.4, 0.5) is 0 Å². The number of para-hydroxylation sites is 2. The van der Waals surface area contributed by atoms with Crippen molar-refractivity contribution < 1.29 is 9.47 Å². The summed E-state index contributed by atoms with van der Waals surface area (Å²) in [5.41, 5.74) is 2.23. The van der Waals surface area contributed by atoms with Crippen molar-refractivity contribution in [2.75, 3.05) is 39.4 Å². The summed E-state index contributed by atoms with van der Waals surface area (Å²) >= 11 is 0. The van der Waals surface area contributed by atoms with Crippen LogP contribution >= 0.6 is 24.0 Å². The minimum Gasteiger partial charge on any atom is -0.376 e. The molecule has 3 heterocycles. The molecule has 8 heteroatoms. The summed E-state index contributed by atoms with van der Waals surface area (Å²) in [4.78, 5) is 12.0. The van der Waals surface area contributed by atoms with E-state index in [2.05, 4.69) is 51.8 Å². The van der Waals surface area contributed by atoms with Crippen LogP contribution < -0.4 is 5.32 Å². The van der Waals surface area contributed by atoms with E-state index in [1.54, 1.807) is 0 Å². The minimum atomic E-state index is 0. The largest absolute Gasteiger partial charge is 0.376 e. The predicted octanol–water partition coefficient (Wildman–Crippen LogP) is 3.98. The van der Waals surface area contributed by atoms with Crippen molar-refractivity contribution in [2.24, 2.45) is 4.99 Å². The van der Waals surface area contributed by atoms with Gasteiger partial charge >= 0.3 is 0 Å². The zero-order valence-electron chi connectivity index (χ0n) is 19.5. The third kappa shape index (κ3) is 6.57. The van der Waals surface area contributed by atoms with Crippen LogP contribution in [0.15, 0.2) is 29.3 Å². The second-order valence-corrected chi connectivity index (χ2v) is 8.54. The molecule has 0 bridgehead atoms. The number of aliphatic imine (C=N–C) groups is 1. The number of likely N-dealkylation sites (tertiary alicyclic amines) is 1. The molecule has 0 aliphatic carbocycles. The highest BCUT2D eigenvalue weighted by Gasteiger charge is 2.23. The number of nitrogens with zero attached hydrogens (tertiary/aromatic N) is 4. The monoisotopic (exact) mass is 555 g/mol. The third-order valence-corrected chi connectivity index (χ3v) is 6.30. The number of fused-ring (bicyclic) bond motifs is 1. The van der Waals surface area contributed by atoms with E-state index in [9.17, 15) is 0 Å². The Morgan fingerprint density at radius 3 is 2.78 bits per heavy atom. The fourth-order valence-corrected chi connectivity index (χ4v) is 4.58. The lowest BCUT2D eigenvalue weighted by molar-refractivity contribution is -0.0721. The Labute approximate surface area is 209 Å². The molecular weight excluding hydrogens is 517 g/mol. The van der Waals surface area contributed by atoms with Gasteiger partial charge in [0.25, 0.3) is 0 Å². The molecule has 4 rings (SSSR count). The first-order valence-corrected chi connectivity index (χ1v) is 11.9. The molecule has 178 valence electrons. The topological polar surface area (TPSA) is 63.9 Å². The molecule has 1 atom stereocenters. The van der Waals surface area contributed by atoms with Gasteiger partial charge in [-0.25, -0.2) is 4.98 Å². The second-order valence-electron chi connectivity index (χ2n) is 8.54. The van der Waals surface area contributed by atoms with Gasteiger partial charge in [-0.15, -0.1) is 24.0 Å². The lowest BCUT2D eigenvalue weighted by Gasteiger charge is -2.35. The van der Waals surface area contributed by atoms with Crippen LogP contribution in [0.2, 0.25) is 0 Å². The summed E-state index contributed by atoms with van der Waals surface area (Å²) < 4.78 is 14.2. The van der Waals surface area contributed by atoms with Gasteiger partial charge in [0.1, 0.15) is 5.82 Å². The highest BCUT2D eigenvalue weighted by molar-refractivity contribution is 14.0. The fourth-order valence-electron chi connectivity index (χ4n) is 4.58. The van der Waals surface area contributed by atoms with Gasteiger partial charge < -0.3 is 24.3 Å². The molecule has 1 N–H and O–H groups in total. The molecule has 1 aromatic heterocycles. The van der Waals surface area contributed by atoms with Crippen molar-refractivity contribution in [2.45, 2.75) is 64.7 Å². The SMILES string of the molecule is CCNC(=NCCn1c(C)nc2ccccc21)N1CCC(OCC2CCCCO2)CC1.I. The quantitative estimate of drug-likeness (QED) is 0.318. The van der Waals surface area contributed by atoms with Crippen LogP contribution in [0.5, 0.6) is 0 Å². The zero-order chi connectivity index (χ0) is 21.5. The van der Waals surface area contributed by atoms with Crippen molar-refractivity contribution in [1.82, 2.24) is 19.8 Å². The number of ether oxygens (including phenoxy) is 2. The number of imidazole rings is 1. The van der Waals surface area contributed by atoms with E-state index >= 15 is 0 Å². The van der Waals surface area contributed by atoms with Crippen LogP contribution in [0.25, 0.3) is 11.0 Å². The van der Waals surface area contributed by atoms with Crippen molar-refractivity contribution in [3.63, 3.8) is 0 Å². The van der Waals surface area contributed by atoms with E-state index < -0.39 is 0 Å². The number of benzene rings is 1. The third-order valence-electron chi connectivity index (χ3n) is 6.30. The molecule has 2 aliphatic heterocycles. The number of rotatable bonds is 7. The normalized spacial score (nSPS) is 20.4. The van der Waals surface area contributed by atoms with Gasteiger partial charge in [-0.3, -0.25) is 4.99 Å². The Hall–Kier alpha value is -1.39. The highest BCUT2D eigenvalue weighted by Crippen LogP contribution is 2.18. The molecule has 0 spiro atoms. The van der Waals surface area contributed by atoms with E-state index in [4.69, 9.17) is 14.5 Å². The van der Waals surface area contributed by atoms with Crippen molar-refractivity contribution in [3.8, 4) is 0 Å². The van der Waals surface area contributed by atoms with Crippen LogP contribution in [-0.4, -0.2) is 72.0 Å². The average Bonchev–Trinajstić information content (AvgIpc) is 3.13. The molecule has 0 amide bonds. The molecule has 2 fully saturated rings. The smallest absolute Gasteiger partial charge is 0.193 e.